The van der Waals surface area contributed by atoms with Crippen LogP contribution in [0.2, 0.25) is 0 Å². The van der Waals surface area contributed by atoms with Crippen LogP contribution in [0.5, 0.6) is 11.5 Å². The fraction of sp³-hybridized carbons (Fsp3) is 0.500. The maximum absolute atomic E-state index is 5.54. The molecule has 0 fully saturated rings. The average molecular weight is 263 g/mol. The number of H-pyrrole nitrogens is 1. The molecule has 3 N–H and O–H groups in total. The van der Waals surface area contributed by atoms with Gasteiger partial charge in [0.2, 0.25) is 0 Å². The Hall–Kier alpha value is -1.75. The number of rotatable bonds is 6. The number of benzene rings is 1. The van der Waals surface area contributed by atoms with Gasteiger partial charge in [-0.25, -0.2) is 4.98 Å². The third kappa shape index (κ3) is 2.81. The van der Waals surface area contributed by atoms with Gasteiger partial charge in [0, 0.05) is 18.1 Å². The molecule has 0 aliphatic rings. The number of imidazole rings is 1. The Balaban J connectivity index is 2.34. The van der Waals surface area contributed by atoms with Gasteiger partial charge in [0.1, 0.15) is 5.82 Å². The van der Waals surface area contributed by atoms with Crippen molar-refractivity contribution in [1.82, 2.24) is 9.97 Å². The number of aromatic nitrogens is 2. The number of nitrogens with two attached hydrogens (primary N) is 1. The first-order valence-electron chi connectivity index (χ1n) is 6.51. The molecule has 0 aliphatic heterocycles. The molecule has 0 saturated carbocycles. The molecule has 104 valence electrons. The first-order valence-corrected chi connectivity index (χ1v) is 6.51. The lowest BCUT2D eigenvalue weighted by Gasteiger charge is -2.06. The fourth-order valence-electron chi connectivity index (χ4n) is 2.15. The summed E-state index contributed by atoms with van der Waals surface area (Å²) in [5.74, 6) is 2.76. The van der Waals surface area contributed by atoms with Crippen LogP contribution >= 0.6 is 0 Å². The third-order valence-corrected chi connectivity index (χ3v) is 3.31. The van der Waals surface area contributed by atoms with Crippen LogP contribution in [0.4, 0.5) is 0 Å². The summed E-state index contributed by atoms with van der Waals surface area (Å²) in [6, 6.07) is 3.81. The molecule has 5 nitrogen and oxygen atoms in total. The largest absolute Gasteiger partial charge is 0.493 e. The van der Waals surface area contributed by atoms with E-state index in [1.165, 1.54) is 0 Å². The zero-order valence-corrected chi connectivity index (χ0v) is 11.7. The number of ether oxygens (including phenoxy) is 2. The minimum atomic E-state index is 0.368. The first-order chi connectivity index (χ1) is 9.19. The first kappa shape index (κ1) is 13.7. The minimum Gasteiger partial charge on any atom is -0.493 e. The Labute approximate surface area is 113 Å². The van der Waals surface area contributed by atoms with E-state index in [9.17, 15) is 0 Å². The van der Waals surface area contributed by atoms with Crippen LogP contribution < -0.4 is 15.2 Å². The van der Waals surface area contributed by atoms with Gasteiger partial charge in [0.25, 0.3) is 0 Å². The minimum absolute atomic E-state index is 0.368. The molecule has 0 radical (unpaired) electrons. The molecule has 0 spiro atoms. The van der Waals surface area contributed by atoms with E-state index >= 15 is 0 Å². The highest BCUT2D eigenvalue weighted by Crippen LogP contribution is 2.32. The van der Waals surface area contributed by atoms with E-state index in [0.717, 1.165) is 29.7 Å². The summed E-state index contributed by atoms with van der Waals surface area (Å²) < 4.78 is 10.6. The Morgan fingerprint density at radius 2 is 1.95 bits per heavy atom. The molecule has 0 aliphatic carbocycles. The van der Waals surface area contributed by atoms with Crippen molar-refractivity contribution in [2.45, 2.75) is 25.7 Å². The summed E-state index contributed by atoms with van der Waals surface area (Å²) >= 11 is 0. The second-order valence-corrected chi connectivity index (χ2v) is 4.68. The number of hydrogen-bond acceptors (Lipinski definition) is 4. The quantitative estimate of drug-likeness (QED) is 0.839. The number of hydrogen-bond donors (Lipinski definition) is 2. The number of nitrogens with zero attached hydrogens (tertiary/aromatic N) is 1. The predicted octanol–water partition coefficient (Wildman–Crippen LogP) is 2.42. The summed E-state index contributed by atoms with van der Waals surface area (Å²) in [4.78, 5) is 7.96. The molecule has 0 saturated heterocycles. The highest BCUT2D eigenvalue weighted by Gasteiger charge is 2.13. The average Bonchev–Trinajstić information content (AvgIpc) is 2.85. The topological polar surface area (TPSA) is 73.2 Å². The monoisotopic (exact) mass is 263 g/mol. The van der Waals surface area contributed by atoms with E-state index < -0.39 is 0 Å². The van der Waals surface area contributed by atoms with Crippen LogP contribution in [0.25, 0.3) is 11.0 Å². The molecule has 1 unspecified atom stereocenters. The van der Waals surface area contributed by atoms with Crippen molar-refractivity contribution < 1.29 is 9.47 Å². The summed E-state index contributed by atoms with van der Waals surface area (Å²) in [5, 5.41) is 0. The number of methoxy groups -OCH3 is 2. The van der Waals surface area contributed by atoms with Crippen molar-refractivity contribution in [2.24, 2.45) is 5.73 Å². The van der Waals surface area contributed by atoms with Gasteiger partial charge in [-0.05, 0) is 19.4 Å². The van der Waals surface area contributed by atoms with E-state index in [1.807, 2.05) is 12.1 Å². The molecule has 2 rings (SSSR count). The summed E-state index contributed by atoms with van der Waals surface area (Å²) in [7, 11) is 3.26. The molecule has 0 amide bonds. The van der Waals surface area contributed by atoms with Gasteiger partial charge < -0.3 is 20.2 Å². The lowest BCUT2D eigenvalue weighted by atomic mass is 10.1. The molecule has 1 aromatic heterocycles. The van der Waals surface area contributed by atoms with Crippen LogP contribution in [-0.4, -0.2) is 30.7 Å². The highest BCUT2D eigenvalue weighted by molar-refractivity contribution is 5.79. The van der Waals surface area contributed by atoms with Crippen molar-refractivity contribution in [2.75, 3.05) is 20.8 Å². The van der Waals surface area contributed by atoms with Gasteiger partial charge in [-0.1, -0.05) is 6.92 Å². The lowest BCUT2D eigenvalue weighted by Crippen LogP contribution is -2.02. The second kappa shape index (κ2) is 5.93. The highest BCUT2D eigenvalue weighted by atomic mass is 16.5. The van der Waals surface area contributed by atoms with Gasteiger partial charge in [0.05, 0.1) is 25.3 Å². The van der Waals surface area contributed by atoms with Gasteiger partial charge in [0.15, 0.2) is 11.5 Å². The Morgan fingerprint density at radius 3 is 2.58 bits per heavy atom. The number of fused-ring (bicyclic) bond motifs is 1. The van der Waals surface area contributed by atoms with Gasteiger partial charge in [-0.15, -0.1) is 0 Å². The van der Waals surface area contributed by atoms with Crippen LogP contribution in [0.15, 0.2) is 12.1 Å². The smallest absolute Gasteiger partial charge is 0.163 e. The normalized spacial score (nSPS) is 12.6. The van der Waals surface area contributed by atoms with Crippen LogP contribution in [0.1, 0.15) is 31.5 Å². The van der Waals surface area contributed by atoms with Gasteiger partial charge in [-0.3, -0.25) is 0 Å². The van der Waals surface area contributed by atoms with Crippen molar-refractivity contribution in [3.8, 4) is 11.5 Å². The van der Waals surface area contributed by atoms with Crippen molar-refractivity contribution in [3.05, 3.63) is 18.0 Å². The third-order valence-electron chi connectivity index (χ3n) is 3.31. The predicted molar refractivity (Wildman–Crippen MR) is 75.9 cm³/mol. The molecule has 2 aromatic rings. The Kier molecular flexibility index (Phi) is 4.27. The van der Waals surface area contributed by atoms with Crippen molar-refractivity contribution in [1.29, 1.82) is 0 Å². The molecule has 0 bridgehead atoms. The second-order valence-electron chi connectivity index (χ2n) is 4.68. The van der Waals surface area contributed by atoms with E-state index in [0.29, 0.717) is 24.0 Å². The number of nitrogens with one attached hydrogen (secondary N) is 1. The number of aromatic amines is 1. The SMILES string of the molecule is COc1cc2nc(C(C)CCCN)[nH]c2cc1OC. The van der Waals surface area contributed by atoms with Crippen molar-refractivity contribution in [3.63, 3.8) is 0 Å². The standard InChI is InChI=1S/C14H21N3O2/c1-9(5-4-6-15)14-16-10-7-12(18-2)13(19-3)8-11(10)17-14/h7-9H,4-6,15H2,1-3H3,(H,16,17). The Morgan fingerprint density at radius 1 is 1.26 bits per heavy atom. The lowest BCUT2D eigenvalue weighted by molar-refractivity contribution is 0.356. The fourth-order valence-corrected chi connectivity index (χ4v) is 2.15. The summed E-state index contributed by atoms with van der Waals surface area (Å²) in [6.45, 7) is 2.87. The van der Waals surface area contributed by atoms with E-state index in [1.54, 1.807) is 14.2 Å². The molecule has 1 heterocycles. The van der Waals surface area contributed by atoms with Crippen molar-refractivity contribution >= 4 is 11.0 Å². The summed E-state index contributed by atoms with van der Waals surface area (Å²) in [5.41, 5.74) is 7.40. The summed E-state index contributed by atoms with van der Waals surface area (Å²) in [6.07, 6.45) is 2.04. The molecular weight excluding hydrogens is 242 g/mol. The van der Waals surface area contributed by atoms with Crippen LogP contribution in [0.3, 0.4) is 0 Å². The Bertz CT molecular complexity index is 510. The zero-order chi connectivity index (χ0) is 13.8. The van der Waals surface area contributed by atoms with E-state index in [-0.39, 0.29) is 0 Å². The molecule has 1 atom stereocenters. The van der Waals surface area contributed by atoms with Gasteiger partial charge in [-0.2, -0.15) is 0 Å². The molecular formula is C14H21N3O2. The molecule has 5 heteroatoms. The molecule has 1 aromatic carbocycles. The zero-order valence-electron chi connectivity index (χ0n) is 11.7. The maximum atomic E-state index is 5.54. The van der Waals surface area contributed by atoms with Crippen LogP contribution in [0, 0.1) is 0 Å². The van der Waals surface area contributed by atoms with E-state index in [4.69, 9.17) is 15.2 Å². The van der Waals surface area contributed by atoms with Crippen LogP contribution in [-0.2, 0) is 0 Å². The van der Waals surface area contributed by atoms with Gasteiger partial charge >= 0.3 is 0 Å². The van der Waals surface area contributed by atoms with E-state index in [2.05, 4.69) is 16.9 Å². The maximum Gasteiger partial charge on any atom is 0.163 e. The molecule has 19 heavy (non-hydrogen) atoms.